The lowest BCUT2D eigenvalue weighted by Crippen LogP contribution is -2.28. The van der Waals surface area contributed by atoms with Gasteiger partial charge in [-0.1, -0.05) is 13.3 Å². The van der Waals surface area contributed by atoms with E-state index in [1.165, 1.54) is 0 Å². The smallest absolute Gasteiger partial charge is 0.443 e. The molecule has 0 aliphatic heterocycles. The van der Waals surface area contributed by atoms with Crippen LogP contribution in [-0.2, 0) is 8.23 Å². The lowest BCUT2D eigenvalue weighted by molar-refractivity contribution is 0.282. The van der Waals surface area contributed by atoms with Crippen molar-refractivity contribution < 1.29 is 20.6 Å². The van der Waals surface area contributed by atoms with Crippen molar-refractivity contribution in [1.82, 2.24) is 0 Å². The van der Waals surface area contributed by atoms with E-state index in [2.05, 4.69) is 4.12 Å². The lowest BCUT2D eigenvalue weighted by atomic mass is 10.6. The third-order valence-electron chi connectivity index (χ3n) is 1.27. The number of halogens is 3. The zero-order valence-corrected chi connectivity index (χ0v) is 10.7. The summed E-state index contributed by atoms with van der Waals surface area (Å²) in [6.07, 6.45) is 0.977. The van der Waals surface area contributed by atoms with Crippen LogP contribution in [0.1, 0.15) is 13.3 Å². The highest BCUT2D eigenvalue weighted by Gasteiger charge is 2.41. The Morgan fingerprint density at radius 1 is 1.42 bits per heavy atom. The Morgan fingerprint density at radius 2 is 2.00 bits per heavy atom. The topological polar surface area (TPSA) is 18.5 Å². The predicted octanol–water partition coefficient (Wildman–Crippen LogP) is 1.13. The van der Waals surface area contributed by atoms with Crippen LogP contribution in [0.4, 0.5) is 12.3 Å². The SMILES string of the molecule is CCC[SiH](C)O[SiH2]O[Si](F)(F)F. The van der Waals surface area contributed by atoms with Gasteiger partial charge in [-0.15, -0.1) is 0 Å². The molecule has 0 fully saturated rings. The van der Waals surface area contributed by atoms with Gasteiger partial charge in [-0.2, -0.15) is 0 Å². The van der Waals surface area contributed by atoms with Crippen LogP contribution in [0, 0.1) is 0 Å². The maximum absolute atomic E-state index is 11.6. The second kappa shape index (κ2) is 5.91. The van der Waals surface area contributed by atoms with E-state index in [0.717, 1.165) is 12.5 Å². The van der Waals surface area contributed by atoms with Crippen molar-refractivity contribution in [3.63, 3.8) is 0 Å². The quantitative estimate of drug-likeness (QED) is 0.507. The fourth-order valence-corrected chi connectivity index (χ4v) is 4.53. The monoisotopic (exact) mass is 234 g/mol. The van der Waals surface area contributed by atoms with Gasteiger partial charge in [0, 0.05) is 0 Å². The van der Waals surface area contributed by atoms with E-state index in [1.807, 2.05) is 13.5 Å². The van der Waals surface area contributed by atoms with Crippen molar-refractivity contribution >= 4 is 28.4 Å². The van der Waals surface area contributed by atoms with Crippen LogP contribution in [-0.4, -0.2) is 28.4 Å². The predicted molar refractivity (Wildman–Crippen MR) is 47.9 cm³/mol. The van der Waals surface area contributed by atoms with Gasteiger partial charge in [0.15, 0.2) is 9.04 Å². The van der Waals surface area contributed by atoms with Crippen LogP contribution in [0.5, 0.6) is 0 Å². The highest BCUT2D eigenvalue weighted by Crippen LogP contribution is 2.09. The van der Waals surface area contributed by atoms with Gasteiger partial charge >= 0.3 is 9.32 Å². The average Bonchev–Trinajstić information content (AvgIpc) is 1.84. The first-order valence-electron chi connectivity index (χ1n) is 3.78. The van der Waals surface area contributed by atoms with E-state index in [-0.39, 0.29) is 0 Å². The van der Waals surface area contributed by atoms with Gasteiger partial charge in [-0.25, -0.2) is 12.3 Å². The van der Waals surface area contributed by atoms with Gasteiger partial charge in [-0.05, 0) is 12.6 Å². The Hall–Kier alpha value is 0.361. The summed E-state index contributed by atoms with van der Waals surface area (Å²) >= 11 is 0. The standard InChI is InChI=1S/C4H13F3O2Si3/c1-3-4-11(2)8-10-9-12(5,6)7/h11H,3-4,10H2,1-2H3. The minimum absolute atomic E-state index is 0.926. The van der Waals surface area contributed by atoms with Crippen LogP contribution < -0.4 is 0 Å². The molecule has 0 aromatic heterocycles. The van der Waals surface area contributed by atoms with Crippen molar-refractivity contribution in [2.75, 3.05) is 0 Å². The molecule has 0 aromatic rings. The van der Waals surface area contributed by atoms with Crippen LogP contribution in [0.15, 0.2) is 0 Å². The highest BCUT2D eigenvalue weighted by molar-refractivity contribution is 6.61. The Bertz CT molecular complexity index is 121. The maximum atomic E-state index is 11.6. The third kappa shape index (κ3) is 8.46. The zero-order chi connectivity index (χ0) is 9.61. The molecule has 0 heterocycles. The van der Waals surface area contributed by atoms with E-state index >= 15 is 0 Å². The van der Waals surface area contributed by atoms with Crippen molar-refractivity contribution in [3.8, 4) is 0 Å². The Balaban J connectivity index is 3.31. The van der Waals surface area contributed by atoms with Crippen LogP contribution >= 0.6 is 0 Å². The summed E-state index contributed by atoms with van der Waals surface area (Å²) in [6, 6.07) is 0.926. The second-order valence-electron chi connectivity index (χ2n) is 2.47. The number of rotatable bonds is 6. The Kier molecular flexibility index (Phi) is 6.09. The molecule has 0 bridgehead atoms. The molecule has 0 aromatic carbocycles. The zero-order valence-electron chi connectivity index (χ0n) is 7.15. The van der Waals surface area contributed by atoms with E-state index in [0.29, 0.717) is 0 Å². The van der Waals surface area contributed by atoms with Gasteiger partial charge in [0.05, 0.1) is 0 Å². The van der Waals surface area contributed by atoms with Gasteiger partial charge in [-0.3, -0.25) is 0 Å². The van der Waals surface area contributed by atoms with E-state index < -0.39 is 28.4 Å². The molecule has 8 heteroatoms. The Morgan fingerprint density at radius 3 is 2.42 bits per heavy atom. The maximum Gasteiger partial charge on any atom is 0.793 e. The fourth-order valence-electron chi connectivity index (χ4n) is 0.707. The molecule has 12 heavy (non-hydrogen) atoms. The Labute approximate surface area is 75.5 Å². The minimum atomic E-state index is -5.79. The molecule has 0 amide bonds. The summed E-state index contributed by atoms with van der Waals surface area (Å²) in [6.45, 7) is 3.89. The third-order valence-corrected chi connectivity index (χ3v) is 7.26. The van der Waals surface area contributed by atoms with E-state index in [9.17, 15) is 12.3 Å². The van der Waals surface area contributed by atoms with Crippen LogP contribution in [0.3, 0.4) is 0 Å². The summed E-state index contributed by atoms with van der Waals surface area (Å²) in [5, 5.41) is 0. The van der Waals surface area contributed by atoms with E-state index in [1.54, 1.807) is 0 Å². The fraction of sp³-hybridized carbons (Fsp3) is 1.00. The average molecular weight is 234 g/mol. The normalized spacial score (nSPS) is 15.8. The van der Waals surface area contributed by atoms with Gasteiger partial charge in [0.1, 0.15) is 0 Å². The lowest BCUT2D eigenvalue weighted by Gasteiger charge is -2.10. The van der Waals surface area contributed by atoms with E-state index in [4.69, 9.17) is 4.12 Å². The van der Waals surface area contributed by atoms with Crippen LogP contribution in [0.2, 0.25) is 12.6 Å². The van der Waals surface area contributed by atoms with Gasteiger partial charge in [0.2, 0.25) is 0 Å². The molecule has 0 spiro atoms. The largest absolute Gasteiger partial charge is 0.793 e. The van der Waals surface area contributed by atoms with Gasteiger partial charge in [0.25, 0.3) is 10.0 Å². The molecule has 0 aliphatic carbocycles. The summed E-state index contributed by atoms with van der Waals surface area (Å²) < 4.78 is 43.5. The van der Waals surface area contributed by atoms with Crippen molar-refractivity contribution in [2.45, 2.75) is 25.9 Å². The molecule has 1 atom stereocenters. The molecule has 1 unspecified atom stereocenters. The van der Waals surface area contributed by atoms with Crippen molar-refractivity contribution in [3.05, 3.63) is 0 Å². The van der Waals surface area contributed by atoms with Crippen molar-refractivity contribution in [1.29, 1.82) is 0 Å². The summed E-state index contributed by atoms with van der Waals surface area (Å²) in [5.74, 6) is 0. The number of hydrogen-bond donors (Lipinski definition) is 0. The summed E-state index contributed by atoms with van der Waals surface area (Å²) in [5.41, 5.74) is 0. The minimum Gasteiger partial charge on any atom is -0.443 e. The van der Waals surface area contributed by atoms with Crippen molar-refractivity contribution in [2.24, 2.45) is 0 Å². The first-order chi connectivity index (χ1) is 5.45. The summed E-state index contributed by atoms with van der Waals surface area (Å²) in [4.78, 5) is 0. The summed E-state index contributed by atoms with van der Waals surface area (Å²) in [7, 11) is -8.88. The molecule has 74 valence electrons. The second-order valence-corrected chi connectivity index (χ2v) is 8.29. The van der Waals surface area contributed by atoms with Gasteiger partial charge < -0.3 is 8.23 Å². The molecule has 0 radical (unpaired) electrons. The first-order valence-corrected chi connectivity index (χ1v) is 8.92. The molecule has 0 saturated heterocycles. The molecule has 2 nitrogen and oxygen atoms in total. The number of hydrogen-bond acceptors (Lipinski definition) is 2. The molecule has 0 aliphatic rings. The molecule has 0 saturated carbocycles. The molecular formula is C4H13F3O2Si3. The first kappa shape index (κ1) is 12.4. The highest BCUT2D eigenvalue weighted by atomic mass is 28.5. The molecule has 0 rings (SSSR count). The van der Waals surface area contributed by atoms with Crippen LogP contribution in [0.25, 0.3) is 0 Å². The molecule has 0 N–H and O–H groups in total. The molecular weight excluding hydrogens is 221 g/mol.